The second-order valence-electron chi connectivity index (χ2n) is 4.16. The van der Waals surface area contributed by atoms with Crippen LogP contribution < -0.4 is 5.43 Å². The van der Waals surface area contributed by atoms with Crippen LogP contribution in [-0.4, -0.2) is 26.0 Å². The van der Waals surface area contributed by atoms with E-state index in [2.05, 4.69) is 41.8 Å². The Bertz CT molecular complexity index is 793. The lowest BCUT2D eigenvalue weighted by Gasteiger charge is -1.99. The van der Waals surface area contributed by atoms with E-state index in [4.69, 9.17) is 0 Å². The zero-order valence-electron chi connectivity index (χ0n) is 10.9. The molecular formula is C14H11BrN6. The number of halogens is 1. The number of benzene rings is 1. The van der Waals surface area contributed by atoms with Crippen molar-refractivity contribution in [2.75, 3.05) is 5.43 Å². The number of nitrogens with one attached hydrogen (secondary N) is 1. The van der Waals surface area contributed by atoms with Gasteiger partial charge in [0.1, 0.15) is 6.33 Å². The zero-order chi connectivity index (χ0) is 14.5. The Kier molecular flexibility index (Phi) is 4.02. The van der Waals surface area contributed by atoms with Gasteiger partial charge in [0.05, 0.1) is 6.21 Å². The molecule has 21 heavy (non-hydrogen) atoms. The van der Waals surface area contributed by atoms with Gasteiger partial charge in [-0.15, -0.1) is 15.3 Å². The Morgan fingerprint density at radius 3 is 2.90 bits per heavy atom. The van der Waals surface area contributed by atoms with Crippen LogP contribution in [0.25, 0.3) is 11.7 Å². The van der Waals surface area contributed by atoms with Crippen LogP contribution in [0, 0.1) is 0 Å². The molecule has 2 heterocycles. The third-order valence-corrected chi connectivity index (χ3v) is 3.07. The van der Waals surface area contributed by atoms with Crippen molar-refractivity contribution in [1.82, 2.24) is 19.8 Å². The molecule has 0 bridgehead atoms. The van der Waals surface area contributed by atoms with E-state index < -0.39 is 0 Å². The van der Waals surface area contributed by atoms with E-state index in [1.807, 2.05) is 42.5 Å². The molecule has 6 nitrogen and oxygen atoms in total. The fraction of sp³-hybridized carbons (Fsp3) is 0. The van der Waals surface area contributed by atoms with Gasteiger partial charge in [-0.05, 0) is 39.7 Å². The first kappa shape index (κ1) is 13.4. The van der Waals surface area contributed by atoms with Crippen molar-refractivity contribution in [3.63, 3.8) is 0 Å². The van der Waals surface area contributed by atoms with Crippen molar-refractivity contribution in [1.29, 1.82) is 0 Å². The Hall–Kier alpha value is -2.54. The highest BCUT2D eigenvalue weighted by molar-refractivity contribution is 9.12. The molecule has 0 fully saturated rings. The van der Waals surface area contributed by atoms with E-state index in [-0.39, 0.29) is 0 Å². The minimum Gasteiger partial charge on any atom is -0.260 e. The van der Waals surface area contributed by atoms with E-state index in [1.165, 1.54) is 6.33 Å². The number of fused-ring (bicyclic) bond motifs is 1. The quantitative estimate of drug-likeness (QED) is 0.584. The third-order valence-electron chi connectivity index (χ3n) is 2.63. The van der Waals surface area contributed by atoms with E-state index in [0.29, 0.717) is 11.5 Å². The molecule has 0 amide bonds. The topological polar surface area (TPSA) is 67.5 Å². The molecular weight excluding hydrogens is 332 g/mol. The molecule has 2 aromatic heterocycles. The van der Waals surface area contributed by atoms with E-state index >= 15 is 0 Å². The van der Waals surface area contributed by atoms with Gasteiger partial charge in [0.2, 0.25) is 0 Å². The maximum Gasteiger partial charge on any atom is 0.177 e. The van der Waals surface area contributed by atoms with E-state index in [0.717, 1.165) is 10.0 Å². The molecule has 0 aliphatic rings. The number of nitrogens with zero attached hydrogens (tertiary/aromatic N) is 5. The molecule has 0 aliphatic carbocycles. The van der Waals surface area contributed by atoms with Crippen LogP contribution in [0.4, 0.5) is 5.82 Å². The molecule has 0 spiro atoms. The lowest BCUT2D eigenvalue weighted by atomic mass is 10.2. The van der Waals surface area contributed by atoms with Gasteiger partial charge in [-0.2, -0.15) is 9.62 Å². The van der Waals surface area contributed by atoms with Crippen LogP contribution in [0.15, 0.2) is 58.4 Å². The first-order chi connectivity index (χ1) is 10.3. The average Bonchev–Trinajstić information content (AvgIpc) is 2.96. The van der Waals surface area contributed by atoms with Gasteiger partial charge in [-0.25, -0.2) is 0 Å². The van der Waals surface area contributed by atoms with E-state index in [1.54, 1.807) is 16.8 Å². The summed E-state index contributed by atoms with van der Waals surface area (Å²) in [6, 6.07) is 13.6. The maximum atomic E-state index is 4.25. The molecule has 0 aliphatic heterocycles. The van der Waals surface area contributed by atoms with Crippen molar-refractivity contribution < 1.29 is 0 Å². The van der Waals surface area contributed by atoms with Gasteiger partial charge in [0.25, 0.3) is 0 Å². The van der Waals surface area contributed by atoms with Gasteiger partial charge < -0.3 is 0 Å². The third kappa shape index (κ3) is 3.51. The number of allylic oxidation sites excluding steroid dienone is 1. The van der Waals surface area contributed by atoms with Crippen LogP contribution in [0.3, 0.4) is 0 Å². The summed E-state index contributed by atoms with van der Waals surface area (Å²) in [5.41, 5.74) is 4.64. The Balaban J connectivity index is 1.67. The standard InChI is InChI=1S/C14H11BrN6/c15-12(8-11-4-2-1-3-5-11)9-16-18-13-6-7-14-19-17-10-21(14)20-13/h1-10H,(H,18,20)/b12-8-,16-9-. The second-order valence-corrected chi connectivity index (χ2v) is 5.08. The van der Waals surface area contributed by atoms with Gasteiger partial charge >= 0.3 is 0 Å². The van der Waals surface area contributed by atoms with Crippen molar-refractivity contribution in [2.24, 2.45) is 5.10 Å². The summed E-state index contributed by atoms with van der Waals surface area (Å²) in [5.74, 6) is 0.610. The Labute approximate surface area is 129 Å². The maximum absolute atomic E-state index is 4.25. The number of hydrogen-bond donors (Lipinski definition) is 1. The molecule has 1 N–H and O–H groups in total. The summed E-state index contributed by atoms with van der Waals surface area (Å²) in [6.45, 7) is 0. The molecule has 0 saturated heterocycles. The predicted octanol–water partition coefficient (Wildman–Crippen LogP) is 2.96. The zero-order valence-corrected chi connectivity index (χ0v) is 12.5. The first-order valence-corrected chi connectivity index (χ1v) is 6.99. The van der Waals surface area contributed by atoms with Crippen LogP contribution in [0.5, 0.6) is 0 Å². The van der Waals surface area contributed by atoms with Crippen molar-refractivity contribution >= 4 is 39.7 Å². The lowest BCUT2D eigenvalue weighted by molar-refractivity contribution is 0.925. The Morgan fingerprint density at radius 2 is 2.05 bits per heavy atom. The molecule has 0 atom stereocenters. The number of aromatic nitrogens is 4. The number of anilines is 1. The van der Waals surface area contributed by atoms with Crippen molar-refractivity contribution in [3.8, 4) is 0 Å². The summed E-state index contributed by atoms with van der Waals surface area (Å²) in [7, 11) is 0. The first-order valence-electron chi connectivity index (χ1n) is 6.20. The molecule has 104 valence electrons. The largest absolute Gasteiger partial charge is 0.260 e. The van der Waals surface area contributed by atoms with Gasteiger partial charge in [-0.3, -0.25) is 5.43 Å². The predicted molar refractivity (Wildman–Crippen MR) is 86.2 cm³/mol. The molecule has 0 radical (unpaired) electrons. The SMILES string of the molecule is BrC(/C=N\Nc1ccc2nncn2n1)=C\c1ccccc1. The fourth-order valence-corrected chi connectivity index (χ4v) is 2.06. The van der Waals surface area contributed by atoms with Gasteiger partial charge in [0, 0.05) is 4.48 Å². The summed E-state index contributed by atoms with van der Waals surface area (Å²) in [6.07, 6.45) is 5.18. The normalized spacial score (nSPS) is 12.1. The summed E-state index contributed by atoms with van der Waals surface area (Å²) < 4.78 is 2.43. The highest BCUT2D eigenvalue weighted by Crippen LogP contribution is 2.10. The summed E-state index contributed by atoms with van der Waals surface area (Å²) >= 11 is 3.45. The van der Waals surface area contributed by atoms with Crippen LogP contribution in [0.2, 0.25) is 0 Å². The van der Waals surface area contributed by atoms with Crippen LogP contribution in [-0.2, 0) is 0 Å². The number of rotatable bonds is 4. The van der Waals surface area contributed by atoms with Gasteiger partial charge in [0.15, 0.2) is 11.5 Å². The second kappa shape index (κ2) is 6.27. The summed E-state index contributed by atoms with van der Waals surface area (Å²) in [5, 5.41) is 16.0. The van der Waals surface area contributed by atoms with Crippen LogP contribution >= 0.6 is 15.9 Å². The monoisotopic (exact) mass is 342 g/mol. The minimum absolute atomic E-state index is 0.610. The number of hydrogen-bond acceptors (Lipinski definition) is 5. The molecule has 3 aromatic rings. The molecule has 0 unspecified atom stereocenters. The molecule has 1 aromatic carbocycles. The van der Waals surface area contributed by atoms with Crippen molar-refractivity contribution in [2.45, 2.75) is 0 Å². The Morgan fingerprint density at radius 1 is 1.19 bits per heavy atom. The van der Waals surface area contributed by atoms with Crippen molar-refractivity contribution in [3.05, 3.63) is 58.8 Å². The lowest BCUT2D eigenvalue weighted by Crippen LogP contribution is -1.97. The summed E-state index contributed by atoms with van der Waals surface area (Å²) in [4.78, 5) is 0. The molecule has 3 rings (SSSR count). The van der Waals surface area contributed by atoms with Gasteiger partial charge in [-0.1, -0.05) is 30.3 Å². The number of hydrazone groups is 1. The highest BCUT2D eigenvalue weighted by Gasteiger charge is 1.97. The van der Waals surface area contributed by atoms with E-state index in [9.17, 15) is 0 Å². The smallest absolute Gasteiger partial charge is 0.177 e. The molecule has 7 heteroatoms. The average molecular weight is 343 g/mol. The highest BCUT2D eigenvalue weighted by atomic mass is 79.9. The fourth-order valence-electron chi connectivity index (χ4n) is 1.69. The molecule has 0 saturated carbocycles. The minimum atomic E-state index is 0.610. The van der Waals surface area contributed by atoms with Crippen LogP contribution in [0.1, 0.15) is 5.56 Å².